The van der Waals surface area contributed by atoms with Gasteiger partial charge in [0.25, 0.3) is 0 Å². The second kappa shape index (κ2) is 5.01. The lowest BCUT2D eigenvalue weighted by atomic mass is 10.1. The van der Waals surface area contributed by atoms with Crippen LogP contribution in [0.1, 0.15) is 45.8 Å². The first-order valence-electron chi connectivity index (χ1n) is 5.34. The number of ketones is 1. The van der Waals surface area contributed by atoms with Crippen LogP contribution in [0.25, 0.3) is 0 Å². The summed E-state index contributed by atoms with van der Waals surface area (Å²) in [6.45, 7) is 5.96. The third kappa shape index (κ3) is 2.76. The molecule has 0 aliphatic carbocycles. The number of aromatic nitrogens is 3. The van der Waals surface area contributed by atoms with E-state index in [0.29, 0.717) is 11.3 Å². The number of rotatable bonds is 4. The SMILES string of the molecule is Cc1csc(CC(=O)c2snnc2C(C)C)n1. The van der Waals surface area contributed by atoms with Crippen LogP contribution < -0.4 is 0 Å². The summed E-state index contributed by atoms with van der Waals surface area (Å²) in [5.41, 5.74) is 1.76. The molecule has 0 radical (unpaired) electrons. The van der Waals surface area contributed by atoms with Crippen molar-refractivity contribution in [3.05, 3.63) is 26.7 Å². The van der Waals surface area contributed by atoms with Gasteiger partial charge in [0.15, 0.2) is 5.78 Å². The van der Waals surface area contributed by atoms with Crippen molar-refractivity contribution in [3.63, 3.8) is 0 Å². The highest BCUT2D eigenvalue weighted by Crippen LogP contribution is 2.22. The van der Waals surface area contributed by atoms with Gasteiger partial charge in [-0.2, -0.15) is 0 Å². The molecule has 6 heteroatoms. The molecule has 0 atom stereocenters. The molecule has 0 aliphatic heterocycles. The van der Waals surface area contributed by atoms with Crippen molar-refractivity contribution in [3.8, 4) is 0 Å². The number of aryl methyl sites for hydroxylation is 1. The molecule has 2 aromatic heterocycles. The standard InChI is InChI=1S/C11H13N3OS2/c1-6(2)10-11(17-14-13-10)8(15)4-9-12-7(3)5-16-9/h5-6H,4H2,1-3H3. The molecule has 0 aromatic carbocycles. The van der Waals surface area contributed by atoms with E-state index in [2.05, 4.69) is 14.6 Å². The Morgan fingerprint density at radius 2 is 2.24 bits per heavy atom. The van der Waals surface area contributed by atoms with Gasteiger partial charge in [-0.3, -0.25) is 4.79 Å². The van der Waals surface area contributed by atoms with Gasteiger partial charge in [-0.1, -0.05) is 18.3 Å². The topological polar surface area (TPSA) is 55.7 Å². The van der Waals surface area contributed by atoms with E-state index in [9.17, 15) is 4.79 Å². The molecule has 0 spiro atoms. The lowest BCUT2D eigenvalue weighted by Crippen LogP contribution is -2.05. The van der Waals surface area contributed by atoms with Gasteiger partial charge in [-0.15, -0.1) is 16.4 Å². The van der Waals surface area contributed by atoms with E-state index in [1.165, 1.54) is 22.9 Å². The number of hydrogen-bond donors (Lipinski definition) is 0. The molecular weight excluding hydrogens is 254 g/mol. The van der Waals surface area contributed by atoms with Crippen LogP contribution in [0, 0.1) is 6.92 Å². The number of hydrogen-bond acceptors (Lipinski definition) is 6. The molecule has 2 rings (SSSR count). The molecule has 0 saturated carbocycles. The first-order valence-corrected chi connectivity index (χ1v) is 6.99. The van der Waals surface area contributed by atoms with Crippen molar-refractivity contribution < 1.29 is 4.79 Å². The van der Waals surface area contributed by atoms with E-state index in [0.717, 1.165) is 16.4 Å². The molecule has 0 amide bonds. The highest BCUT2D eigenvalue weighted by Gasteiger charge is 2.19. The molecule has 2 aromatic rings. The Balaban J connectivity index is 2.17. The van der Waals surface area contributed by atoms with Gasteiger partial charge in [0.1, 0.15) is 9.88 Å². The van der Waals surface area contributed by atoms with Gasteiger partial charge in [-0.25, -0.2) is 4.98 Å². The molecule has 4 nitrogen and oxygen atoms in total. The fourth-order valence-electron chi connectivity index (χ4n) is 1.47. The Bertz CT molecular complexity index is 530. The summed E-state index contributed by atoms with van der Waals surface area (Å²) in [5, 5.41) is 6.83. The smallest absolute Gasteiger partial charge is 0.183 e. The third-order valence-corrected chi connectivity index (χ3v) is 4.04. The first kappa shape index (κ1) is 12.3. The summed E-state index contributed by atoms with van der Waals surface area (Å²) >= 11 is 2.70. The number of thiazole rings is 1. The van der Waals surface area contributed by atoms with Gasteiger partial charge in [0.05, 0.1) is 12.1 Å². The minimum atomic E-state index is 0.0676. The van der Waals surface area contributed by atoms with Crippen LogP contribution in [0.2, 0.25) is 0 Å². The summed E-state index contributed by atoms with van der Waals surface area (Å²) in [6, 6.07) is 0. The number of nitrogens with zero attached hydrogens (tertiary/aromatic N) is 3. The van der Waals surface area contributed by atoms with E-state index in [1.807, 2.05) is 26.2 Å². The predicted molar refractivity (Wildman–Crippen MR) is 68.9 cm³/mol. The Morgan fingerprint density at radius 1 is 1.47 bits per heavy atom. The molecule has 2 heterocycles. The lowest BCUT2D eigenvalue weighted by Gasteiger charge is -2.01. The number of carbonyl (C=O) groups excluding carboxylic acids is 1. The summed E-state index contributed by atoms with van der Waals surface area (Å²) < 4.78 is 3.87. The molecule has 0 bridgehead atoms. The van der Waals surface area contributed by atoms with Gasteiger partial charge in [0.2, 0.25) is 0 Å². The number of carbonyl (C=O) groups is 1. The molecule has 90 valence electrons. The van der Waals surface area contributed by atoms with Gasteiger partial charge in [0, 0.05) is 11.1 Å². The fourth-order valence-corrected chi connectivity index (χ4v) is 3.00. The molecule has 0 fully saturated rings. The second-order valence-electron chi connectivity index (χ2n) is 4.12. The minimum Gasteiger partial charge on any atom is -0.293 e. The first-order chi connectivity index (χ1) is 8.08. The second-order valence-corrected chi connectivity index (χ2v) is 5.82. The summed E-state index contributed by atoms with van der Waals surface area (Å²) in [6.07, 6.45) is 0.349. The normalized spacial score (nSPS) is 11.1. The Labute approximate surface area is 108 Å². The maximum Gasteiger partial charge on any atom is 0.183 e. The molecular formula is C11H13N3OS2. The zero-order valence-electron chi connectivity index (χ0n) is 9.93. The summed E-state index contributed by atoms with van der Waals surface area (Å²) in [5.74, 6) is 0.295. The van der Waals surface area contributed by atoms with Crippen LogP contribution in [0.15, 0.2) is 5.38 Å². The predicted octanol–water partition coefficient (Wildman–Crippen LogP) is 2.85. The third-order valence-electron chi connectivity index (χ3n) is 2.29. The average molecular weight is 267 g/mol. The van der Waals surface area contributed by atoms with Gasteiger partial charge in [-0.05, 0) is 24.4 Å². The summed E-state index contributed by atoms with van der Waals surface area (Å²) in [4.78, 5) is 17.1. The highest BCUT2D eigenvalue weighted by molar-refractivity contribution is 7.10. The van der Waals surface area contributed by atoms with Crippen LogP contribution in [0.3, 0.4) is 0 Å². The molecule has 0 N–H and O–H groups in total. The van der Waals surface area contributed by atoms with Crippen LogP contribution in [-0.4, -0.2) is 20.4 Å². The van der Waals surface area contributed by atoms with Crippen LogP contribution in [0.4, 0.5) is 0 Å². The van der Waals surface area contributed by atoms with E-state index >= 15 is 0 Å². The van der Waals surface area contributed by atoms with Crippen LogP contribution in [-0.2, 0) is 6.42 Å². The monoisotopic (exact) mass is 267 g/mol. The summed E-state index contributed by atoms with van der Waals surface area (Å²) in [7, 11) is 0. The van der Waals surface area contributed by atoms with Crippen LogP contribution in [0.5, 0.6) is 0 Å². The molecule has 17 heavy (non-hydrogen) atoms. The maximum absolute atomic E-state index is 12.1. The average Bonchev–Trinajstić information content (AvgIpc) is 2.86. The van der Waals surface area contributed by atoms with Crippen molar-refractivity contribution in [2.45, 2.75) is 33.1 Å². The van der Waals surface area contributed by atoms with Crippen molar-refractivity contribution >= 4 is 28.7 Å². The zero-order valence-corrected chi connectivity index (χ0v) is 11.6. The van der Waals surface area contributed by atoms with E-state index < -0.39 is 0 Å². The Kier molecular flexibility index (Phi) is 3.63. The van der Waals surface area contributed by atoms with Crippen LogP contribution >= 0.6 is 22.9 Å². The Morgan fingerprint density at radius 3 is 2.82 bits per heavy atom. The van der Waals surface area contributed by atoms with Crippen molar-refractivity contribution in [1.82, 2.24) is 14.6 Å². The van der Waals surface area contributed by atoms with E-state index in [4.69, 9.17) is 0 Å². The molecule has 0 saturated heterocycles. The number of Topliss-reactive ketones (excluding diaryl/α,β-unsaturated/α-hetero) is 1. The van der Waals surface area contributed by atoms with Crippen molar-refractivity contribution in [1.29, 1.82) is 0 Å². The Hall–Kier alpha value is -1.14. The van der Waals surface area contributed by atoms with Gasteiger partial charge >= 0.3 is 0 Å². The zero-order chi connectivity index (χ0) is 12.4. The van der Waals surface area contributed by atoms with E-state index in [-0.39, 0.29) is 11.7 Å². The fraction of sp³-hybridized carbons (Fsp3) is 0.455. The minimum absolute atomic E-state index is 0.0676. The lowest BCUT2D eigenvalue weighted by molar-refractivity contribution is 0.0995. The quantitative estimate of drug-likeness (QED) is 0.799. The largest absolute Gasteiger partial charge is 0.293 e. The van der Waals surface area contributed by atoms with Gasteiger partial charge < -0.3 is 0 Å². The van der Waals surface area contributed by atoms with Crippen molar-refractivity contribution in [2.24, 2.45) is 0 Å². The van der Waals surface area contributed by atoms with Crippen molar-refractivity contribution in [2.75, 3.05) is 0 Å². The molecule has 0 unspecified atom stereocenters. The maximum atomic E-state index is 12.1. The van der Waals surface area contributed by atoms with E-state index in [1.54, 1.807) is 0 Å². The highest BCUT2D eigenvalue weighted by atomic mass is 32.1. The molecule has 0 aliphatic rings.